The maximum absolute atomic E-state index is 12.5. The molecule has 2 heterocycles. The standard InChI is InChI=1S/C18H18N4O/c19-12-14-5-3-6-15(11-14)13-21-18(23)16-7-4-8-20-17(16)22-9-1-2-10-22/h3-8,11H,1-2,9-10,13H2,(H,21,23). The van der Waals surface area contributed by atoms with Gasteiger partial charge in [0.1, 0.15) is 5.82 Å². The number of benzene rings is 1. The quantitative estimate of drug-likeness (QED) is 0.942. The van der Waals surface area contributed by atoms with Crippen LogP contribution in [0, 0.1) is 11.3 Å². The van der Waals surface area contributed by atoms with Crippen molar-refractivity contribution < 1.29 is 4.79 Å². The summed E-state index contributed by atoms with van der Waals surface area (Å²) < 4.78 is 0. The molecule has 1 aliphatic rings. The van der Waals surface area contributed by atoms with Gasteiger partial charge in [0.05, 0.1) is 17.2 Å². The summed E-state index contributed by atoms with van der Waals surface area (Å²) in [4.78, 5) is 19.1. The molecule has 5 nitrogen and oxygen atoms in total. The summed E-state index contributed by atoms with van der Waals surface area (Å²) in [5, 5.41) is 11.8. The number of hydrogen-bond donors (Lipinski definition) is 1. The molecule has 0 spiro atoms. The second kappa shape index (κ2) is 6.93. The van der Waals surface area contributed by atoms with Crippen LogP contribution in [0.25, 0.3) is 0 Å². The number of carbonyl (C=O) groups excluding carboxylic acids is 1. The third-order valence-electron chi connectivity index (χ3n) is 3.95. The van der Waals surface area contributed by atoms with E-state index in [1.165, 1.54) is 0 Å². The highest BCUT2D eigenvalue weighted by Crippen LogP contribution is 2.21. The van der Waals surface area contributed by atoms with Crippen LogP contribution in [-0.2, 0) is 6.54 Å². The summed E-state index contributed by atoms with van der Waals surface area (Å²) in [6, 6.07) is 12.9. The van der Waals surface area contributed by atoms with E-state index in [1.54, 1.807) is 24.4 Å². The van der Waals surface area contributed by atoms with Gasteiger partial charge in [0, 0.05) is 25.8 Å². The van der Waals surface area contributed by atoms with Crippen molar-refractivity contribution in [2.75, 3.05) is 18.0 Å². The smallest absolute Gasteiger partial charge is 0.255 e. The average Bonchev–Trinajstić information content (AvgIpc) is 3.14. The number of anilines is 1. The van der Waals surface area contributed by atoms with E-state index in [2.05, 4.69) is 21.3 Å². The van der Waals surface area contributed by atoms with Crippen LogP contribution in [0.5, 0.6) is 0 Å². The second-order valence-corrected chi connectivity index (χ2v) is 5.56. The highest BCUT2D eigenvalue weighted by molar-refractivity contribution is 5.98. The zero-order chi connectivity index (χ0) is 16.1. The molecular weight excluding hydrogens is 288 g/mol. The van der Waals surface area contributed by atoms with E-state index in [1.807, 2.05) is 18.2 Å². The summed E-state index contributed by atoms with van der Waals surface area (Å²) in [6.45, 7) is 2.28. The fourth-order valence-electron chi connectivity index (χ4n) is 2.78. The number of nitrogens with zero attached hydrogens (tertiary/aromatic N) is 3. The van der Waals surface area contributed by atoms with Crippen molar-refractivity contribution in [3.63, 3.8) is 0 Å². The zero-order valence-corrected chi connectivity index (χ0v) is 12.8. The molecule has 0 unspecified atom stereocenters. The number of nitrogens with one attached hydrogen (secondary N) is 1. The minimum absolute atomic E-state index is 0.137. The lowest BCUT2D eigenvalue weighted by Gasteiger charge is -2.19. The zero-order valence-electron chi connectivity index (χ0n) is 12.8. The first-order chi connectivity index (χ1) is 11.3. The van der Waals surface area contributed by atoms with Crippen LogP contribution >= 0.6 is 0 Å². The Labute approximate surface area is 135 Å². The van der Waals surface area contributed by atoms with Crippen molar-refractivity contribution in [3.05, 3.63) is 59.3 Å². The molecule has 0 atom stereocenters. The molecule has 1 aliphatic heterocycles. The predicted octanol–water partition coefficient (Wildman–Crippen LogP) is 2.48. The highest BCUT2D eigenvalue weighted by Gasteiger charge is 2.20. The Balaban J connectivity index is 1.72. The molecule has 23 heavy (non-hydrogen) atoms. The van der Waals surface area contributed by atoms with Crippen LogP contribution in [0.4, 0.5) is 5.82 Å². The van der Waals surface area contributed by atoms with Gasteiger partial charge in [-0.3, -0.25) is 4.79 Å². The minimum atomic E-state index is -0.137. The molecule has 3 rings (SSSR count). The number of hydrogen-bond acceptors (Lipinski definition) is 4. The first-order valence-corrected chi connectivity index (χ1v) is 7.75. The van der Waals surface area contributed by atoms with E-state index >= 15 is 0 Å². The molecule has 1 aromatic carbocycles. The number of carbonyl (C=O) groups is 1. The van der Waals surface area contributed by atoms with Crippen molar-refractivity contribution in [3.8, 4) is 6.07 Å². The number of rotatable bonds is 4. The Morgan fingerprint density at radius 2 is 2.09 bits per heavy atom. The van der Waals surface area contributed by atoms with Gasteiger partial charge in [0.2, 0.25) is 0 Å². The van der Waals surface area contributed by atoms with Gasteiger partial charge in [-0.15, -0.1) is 0 Å². The lowest BCUT2D eigenvalue weighted by molar-refractivity contribution is 0.0951. The lowest BCUT2D eigenvalue weighted by atomic mass is 10.1. The van der Waals surface area contributed by atoms with E-state index < -0.39 is 0 Å². The SMILES string of the molecule is N#Cc1cccc(CNC(=O)c2cccnc2N2CCCC2)c1. The van der Waals surface area contributed by atoms with Crippen LogP contribution < -0.4 is 10.2 Å². The van der Waals surface area contributed by atoms with Gasteiger partial charge < -0.3 is 10.2 Å². The molecular formula is C18H18N4O. The largest absolute Gasteiger partial charge is 0.356 e. The highest BCUT2D eigenvalue weighted by atomic mass is 16.1. The Bertz CT molecular complexity index is 745. The van der Waals surface area contributed by atoms with Crippen LogP contribution in [0.15, 0.2) is 42.6 Å². The third kappa shape index (κ3) is 3.49. The lowest BCUT2D eigenvalue weighted by Crippen LogP contribution is -2.28. The molecule has 0 saturated carbocycles. The van der Waals surface area contributed by atoms with E-state index in [0.717, 1.165) is 37.3 Å². The van der Waals surface area contributed by atoms with E-state index in [0.29, 0.717) is 17.7 Å². The van der Waals surface area contributed by atoms with Crippen LogP contribution in [0.2, 0.25) is 0 Å². The van der Waals surface area contributed by atoms with E-state index in [4.69, 9.17) is 5.26 Å². The summed E-state index contributed by atoms with van der Waals surface area (Å²) in [5.41, 5.74) is 2.10. The molecule has 0 bridgehead atoms. The molecule has 0 aliphatic carbocycles. The monoisotopic (exact) mass is 306 g/mol. The van der Waals surface area contributed by atoms with Crippen LogP contribution in [-0.4, -0.2) is 24.0 Å². The van der Waals surface area contributed by atoms with Crippen molar-refractivity contribution in [2.45, 2.75) is 19.4 Å². The van der Waals surface area contributed by atoms with Crippen molar-refractivity contribution >= 4 is 11.7 Å². The first-order valence-electron chi connectivity index (χ1n) is 7.75. The van der Waals surface area contributed by atoms with Gasteiger partial charge in [0.25, 0.3) is 5.91 Å². The average molecular weight is 306 g/mol. The Hall–Kier alpha value is -2.87. The maximum Gasteiger partial charge on any atom is 0.255 e. The Morgan fingerprint density at radius 3 is 2.87 bits per heavy atom. The molecule has 1 aromatic heterocycles. The molecule has 1 N–H and O–H groups in total. The number of pyridine rings is 1. The van der Waals surface area contributed by atoms with Gasteiger partial charge in [0.15, 0.2) is 0 Å². The fourth-order valence-corrected chi connectivity index (χ4v) is 2.78. The van der Waals surface area contributed by atoms with Gasteiger partial charge in [-0.2, -0.15) is 5.26 Å². The molecule has 116 valence electrons. The fraction of sp³-hybridized carbons (Fsp3) is 0.278. The molecule has 2 aromatic rings. The minimum Gasteiger partial charge on any atom is -0.356 e. The number of nitriles is 1. The molecule has 1 amide bonds. The first kappa shape index (κ1) is 15.0. The Morgan fingerprint density at radius 1 is 1.26 bits per heavy atom. The predicted molar refractivity (Wildman–Crippen MR) is 88.0 cm³/mol. The molecule has 1 saturated heterocycles. The normalized spacial score (nSPS) is 13.6. The summed E-state index contributed by atoms with van der Waals surface area (Å²) >= 11 is 0. The topological polar surface area (TPSA) is 69.0 Å². The van der Waals surface area contributed by atoms with Crippen molar-refractivity contribution in [1.29, 1.82) is 5.26 Å². The number of amides is 1. The van der Waals surface area contributed by atoms with E-state index in [9.17, 15) is 4.79 Å². The van der Waals surface area contributed by atoms with Crippen molar-refractivity contribution in [2.24, 2.45) is 0 Å². The van der Waals surface area contributed by atoms with Crippen molar-refractivity contribution in [1.82, 2.24) is 10.3 Å². The second-order valence-electron chi connectivity index (χ2n) is 5.56. The molecule has 5 heteroatoms. The van der Waals surface area contributed by atoms with Gasteiger partial charge in [-0.25, -0.2) is 4.98 Å². The van der Waals surface area contributed by atoms with Gasteiger partial charge in [-0.05, 0) is 42.7 Å². The maximum atomic E-state index is 12.5. The third-order valence-corrected chi connectivity index (χ3v) is 3.95. The number of aromatic nitrogens is 1. The molecule has 1 fully saturated rings. The summed E-state index contributed by atoms with van der Waals surface area (Å²) in [6.07, 6.45) is 4.00. The Kier molecular flexibility index (Phi) is 4.53. The van der Waals surface area contributed by atoms with Crippen LogP contribution in [0.1, 0.15) is 34.3 Å². The van der Waals surface area contributed by atoms with Gasteiger partial charge >= 0.3 is 0 Å². The summed E-state index contributed by atoms with van der Waals surface area (Å²) in [7, 11) is 0. The van der Waals surface area contributed by atoms with Gasteiger partial charge in [-0.1, -0.05) is 12.1 Å². The van der Waals surface area contributed by atoms with Crippen LogP contribution in [0.3, 0.4) is 0 Å². The van der Waals surface area contributed by atoms with E-state index in [-0.39, 0.29) is 5.91 Å². The summed E-state index contributed by atoms with van der Waals surface area (Å²) in [5.74, 6) is 0.621. The molecule has 0 radical (unpaired) electrons.